The fraction of sp³-hybridized carbons (Fsp3) is 0.438. The van der Waals surface area contributed by atoms with Crippen molar-refractivity contribution < 1.29 is 18.8 Å². The average molecular weight is 349 g/mol. The molecule has 3 heterocycles. The van der Waals surface area contributed by atoms with Crippen molar-refractivity contribution in [2.45, 2.75) is 12.1 Å². The Morgan fingerprint density at radius 2 is 1.75 bits per heavy atom. The Labute approximate surface area is 142 Å². The molecule has 3 aliphatic heterocycles. The number of benzene rings is 1. The highest BCUT2D eigenvalue weighted by Crippen LogP contribution is 2.30. The van der Waals surface area contributed by atoms with Gasteiger partial charge in [-0.3, -0.25) is 14.4 Å². The Morgan fingerprint density at radius 1 is 1.04 bits per heavy atom. The third kappa shape index (κ3) is 2.36. The molecule has 3 aliphatic rings. The van der Waals surface area contributed by atoms with Crippen LogP contribution in [0.3, 0.4) is 0 Å². The summed E-state index contributed by atoms with van der Waals surface area (Å²) >= 11 is 1.58. The number of piperazine rings is 2. The summed E-state index contributed by atoms with van der Waals surface area (Å²) in [6.45, 7) is 0.928. The molecule has 0 aromatic heterocycles. The second-order valence-electron chi connectivity index (χ2n) is 6.13. The van der Waals surface area contributed by atoms with Gasteiger partial charge >= 0.3 is 0 Å². The molecular weight excluding hydrogens is 333 g/mol. The lowest BCUT2D eigenvalue weighted by Crippen LogP contribution is -2.69. The Kier molecular flexibility index (Phi) is 3.71. The first-order valence-electron chi connectivity index (χ1n) is 7.80. The first-order valence-corrected chi connectivity index (χ1v) is 8.95. The van der Waals surface area contributed by atoms with Crippen LogP contribution in [-0.4, -0.2) is 75.8 Å². The quantitative estimate of drug-likeness (QED) is 0.736. The Hall–Kier alpha value is -2.09. The maximum atomic E-state index is 13.0. The molecule has 6 nitrogen and oxygen atoms in total. The number of carbonyl (C=O) groups is 3. The topological polar surface area (TPSA) is 60.9 Å². The van der Waals surface area contributed by atoms with Crippen molar-refractivity contribution in [3.05, 3.63) is 35.6 Å². The van der Waals surface area contributed by atoms with E-state index in [1.165, 1.54) is 24.3 Å². The van der Waals surface area contributed by atoms with Crippen LogP contribution < -0.4 is 0 Å². The molecule has 24 heavy (non-hydrogen) atoms. The number of hydrogen-bond donors (Lipinski definition) is 0. The molecule has 4 rings (SSSR count). The summed E-state index contributed by atoms with van der Waals surface area (Å²) in [5, 5.41) is 0. The fourth-order valence-corrected chi connectivity index (χ4v) is 4.62. The third-order valence-corrected chi connectivity index (χ3v) is 5.79. The van der Waals surface area contributed by atoms with Crippen LogP contribution in [-0.2, 0) is 9.59 Å². The molecule has 8 heteroatoms. The van der Waals surface area contributed by atoms with E-state index >= 15 is 0 Å². The van der Waals surface area contributed by atoms with Crippen LogP contribution >= 0.6 is 11.8 Å². The van der Waals surface area contributed by atoms with E-state index in [0.29, 0.717) is 30.3 Å². The molecule has 0 N–H and O–H groups in total. The molecule has 0 bridgehead atoms. The molecule has 3 fully saturated rings. The molecule has 3 amide bonds. The Morgan fingerprint density at radius 3 is 2.50 bits per heavy atom. The predicted octanol–water partition coefficient (Wildman–Crippen LogP) is 0.394. The summed E-state index contributed by atoms with van der Waals surface area (Å²) < 4.78 is 13.0. The van der Waals surface area contributed by atoms with Crippen molar-refractivity contribution >= 4 is 29.5 Å². The van der Waals surface area contributed by atoms with Crippen molar-refractivity contribution in [2.24, 2.45) is 0 Å². The minimum absolute atomic E-state index is 0.0153. The molecule has 0 aliphatic carbocycles. The lowest BCUT2D eigenvalue weighted by molar-refractivity contribution is -0.161. The van der Waals surface area contributed by atoms with E-state index in [-0.39, 0.29) is 30.3 Å². The number of hydrogen-bond acceptors (Lipinski definition) is 4. The monoisotopic (exact) mass is 349 g/mol. The van der Waals surface area contributed by atoms with Gasteiger partial charge < -0.3 is 14.7 Å². The molecule has 3 saturated heterocycles. The van der Waals surface area contributed by atoms with Crippen LogP contribution in [0.4, 0.5) is 4.39 Å². The van der Waals surface area contributed by atoms with E-state index in [2.05, 4.69) is 0 Å². The highest BCUT2D eigenvalue weighted by atomic mass is 32.2. The van der Waals surface area contributed by atoms with Gasteiger partial charge in [-0.1, -0.05) is 0 Å². The standard InChI is InChI=1S/C16H16FN3O3S/c17-11-3-1-10(2-4-11)14(21)18-5-6-19-12(7-18)15(22)20-9-24-8-13(20)16(19)23/h1-4,12-13H,5-9H2/t12-,13+/m1/s1. The van der Waals surface area contributed by atoms with E-state index in [1.807, 2.05) is 0 Å². The number of rotatable bonds is 1. The number of nitrogens with zero attached hydrogens (tertiary/aromatic N) is 3. The highest BCUT2D eigenvalue weighted by Gasteiger charge is 2.50. The lowest BCUT2D eigenvalue weighted by atomic mass is 10.0. The van der Waals surface area contributed by atoms with Gasteiger partial charge in [-0.25, -0.2) is 4.39 Å². The maximum Gasteiger partial charge on any atom is 0.254 e. The van der Waals surface area contributed by atoms with Gasteiger partial charge in [-0.05, 0) is 24.3 Å². The molecule has 1 aromatic carbocycles. The number of amides is 3. The van der Waals surface area contributed by atoms with Gasteiger partial charge in [0, 0.05) is 24.4 Å². The number of carbonyl (C=O) groups excluding carboxylic acids is 3. The average Bonchev–Trinajstić information content (AvgIpc) is 3.09. The minimum atomic E-state index is -0.606. The normalized spacial score (nSPS) is 26.5. The zero-order valence-electron chi connectivity index (χ0n) is 12.9. The molecule has 2 atom stereocenters. The van der Waals surface area contributed by atoms with E-state index in [1.54, 1.807) is 26.5 Å². The van der Waals surface area contributed by atoms with Crippen LogP contribution in [0.15, 0.2) is 24.3 Å². The fourth-order valence-electron chi connectivity index (χ4n) is 3.46. The number of thioether (sulfide) groups is 1. The minimum Gasteiger partial charge on any atom is -0.334 e. The molecule has 0 radical (unpaired) electrons. The van der Waals surface area contributed by atoms with Crippen LogP contribution in [0.5, 0.6) is 0 Å². The molecule has 1 aromatic rings. The van der Waals surface area contributed by atoms with Crippen molar-refractivity contribution in [2.75, 3.05) is 31.3 Å². The second-order valence-corrected chi connectivity index (χ2v) is 7.13. The number of halogens is 1. The molecule has 0 spiro atoms. The summed E-state index contributed by atoms with van der Waals surface area (Å²) in [7, 11) is 0. The van der Waals surface area contributed by atoms with Crippen LogP contribution in [0.25, 0.3) is 0 Å². The summed E-state index contributed by atoms with van der Waals surface area (Å²) in [5.41, 5.74) is 0.383. The van der Waals surface area contributed by atoms with Gasteiger partial charge in [0.25, 0.3) is 5.91 Å². The van der Waals surface area contributed by atoms with Gasteiger partial charge in [-0.15, -0.1) is 11.8 Å². The maximum absolute atomic E-state index is 13.0. The van der Waals surface area contributed by atoms with E-state index in [9.17, 15) is 18.8 Å². The van der Waals surface area contributed by atoms with Gasteiger partial charge in [-0.2, -0.15) is 0 Å². The van der Waals surface area contributed by atoms with Crippen molar-refractivity contribution in [1.29, 1.82) is 0 Å². The Balaban J connectivity index is 1.54. The zero-order valence-corrected chi connectivity index (χ0v) is 13.7. The molecule has 0 saturated carbocycles. The lowest BCUT2D eigenvalue weighted by Gasteiger charge is -2.47. The number of fused-ring (bicyclic) bond motifs is 2. The smallest absolute Gasteiger partial charge is 0.254 e. The van der Waals surface area contributed by atoms with Gasteiger partial charge in [0.1, 0.15) is 17.9 Å². The van der Waals surface area contributed by atoms with Crippen molar-refractivity contribution in [3.63, 3.8) is 0 Å². The SMILES string of the molecule is O=C(c1ccc(F)cc1)N1CCN2C(=O)[C@@H]3CSCN3C(=O)[C@H]2C1. The van der Waals surface area contributed by atoms with Crippen molar-refractivity contribution in [3.8, 4) is 0 Å². The summed E-state index contributed by atoms with van der Waals surface area (Å²) in [6, 6.07) is 4.40. The van der Waals surface area contributed by atoms with E-state index < -0.39 is 11.9 Å². The third-order valence-electron chi connectivity index (χ3n) is 4.78. The van der Waals surface area contributed by atoms with E-state index in [0.717, 1.165) is 0 Å². The molecule has 126 valence electrons. The summed E-state index contributed by atoms with van der Waals surface area (Å²) in [4.78, 5) is 42.6. The summed E-state index contributed by atoms with van der Waals surface area (Å²) in [6.07, 6.45) is 0. The molecular formula is C16H16FN3O3S. The van der Waals surface area contributed by atoms with Crippen LogP contribution in [0.2, 0.25) is 0 Å². The Bertz CT molecular complexity index is 711. The van der Waals surface area contributed by atoms with E-state index in [4.69, 9.17) is 0 Å². The highest BCUT2D eigenvalue weighted by molar-refractivity contribution is 7.99. The molecule has 0 unspecified atom stereocenters. The first-order chi connectivity index (χ1) is 11.6. The van der Waals surface area contributed by atoms with Gasteiger partial charge in [0.15, 0.2) is 0 Å². The van der Waals surface area contributed by atoms with Gasteiger partial charge in [0.2, 0.25) is 11.8 Å². The van der Waals surface area contributed by atoms with Crippen molar-refractivity contribution in [1.82, 2.24) is 14.7 Å². The summed E-state index contributed by atoms with van der Waals surface area (Å²) in [5.74, 6) is 0.437. The first kappa shape index (κ1) is 15.4. The second kappa shape index (κ2) is 5.77. The zero-order chi connectivity index (χ0) is 16.8. The predicted molar refractivity (Wildman–Crippen MR) is 85.8 cm³/mol. The van der Waals surface area contributed by atoms with Gasteiger partial charge in [0.05, 0.1) is 12.4 Å². The van der Waals surface area contributed by atoms with Crippen LogP contribution in [0, 0.1) is 5.82 Å². The van der Waals surface area contributed by atoms with Crippen LogP contribution in [0.1, 0.15) is 10.4 Å². The largest absolute Gasteiger partial charge is 0.334 e.